The van der Waals surface area contributed by atoms with Gasteiger partial charge < -0.3 is 20.6 Å². The molecule has 0 aliphatic carbocycles. The Kier molecular flexibility index (Phi) is 8.03. The lowest BCUT2D eigenvalue weighted by Crippen LogP contribution is -2.35. The molecule has 0 aliphatic rings. The average Bonchev–Trinajstić information content (AvgIpc) is 2.70. The van der Waals surface area contributed by atoms with E-state index in [-0.39, 0.29) is 12.0 Å². The number of hydrogen-bond acceptors (Lipinski definition) is 5. The molecule has 0 spiro atoms. The Morgan fingerprint density at radius 2 is 1.53 bits per heavy atom. The van der Waals surface area contributed by atoms with Crippen molar-refractivity contribution in [3.05, 3.63) is 65.7 Å². The smallest absolute Gasteiger partial charge is 0.481 e. The molecule has 158 valence electrons. The van der Waals surface area contributed by atoms with Gasteiger partial charge in [-0.1, -0.05) is 30.3 Å². The molecule has 10 heteroatoms. The fraction of sp³-hybridized carbons (Fsp3) is 0.250. The van der Waals surface area contributed by atoms with E-state index in [0.29, 0.717) is 11.3 Å². The van der Waals surface area contributed by atoms with Crippen molar-refractivity contribution in [1.29, 1.82) is 0 Å². The number of nitrogens with one attached hydrogen (secondary N) is 1. The van der Waals surface area contributed by atoms with Crippen molar-refractivity contribution in [3.8, 4) is 0 Å². The summed E-state index contributed by atoms with van der Waals surface area (Å²) in [5.41, 5.74) is -0.341. The number of benzene rings is 2. The van der Waals surface area contributed by atoms with E-state index in [2.05, 4.69) is 5.32 Å². The molecule has 30 heavy (non-hydrogen) atoms. The van der Waals surface area contributed by atoms with Crippen LogP contribution in [0.25, 0.3) is 0 Å². The summed E-state index contributed by atoms with van der Waals surface area (Å²) in [5.74, 6) is -5.09. The first-order valence-electron chi connectivity index (χ1n) is 8.95. The zero-order valence-corrected chi connectivity index (χ0v) is 16.6. The highest BCUT2D eigenvalue weighted by Crippen LogP contribution is 2.42. The molecule has 0 bridgehead atoms. The maximum Gasteiger partial charge on any atom is 0.512 e. The number of hydrogen-bond donors (Lipinski definition) is 5. The third-order valence-electron chi connectivity index (χ3n) is 4.61. The molecule has 2 aromatic rings. The minimum absolute atomic E-state index is 0.0477. The van der Waals surface area contributed by atoms with Crippen LogP contribution in [-0.2, 0) is 14.2 Å². The van der Waals surface area contributed by atoms with E-state index in [1.165, 1.54) is 24.3 Å². The van der Waals surface area contributed by atoms with Crippen molar-refractivity contribution < 1.29 is 39.2 Å². The lowest BCUT2D eigenvalue weighted by Gasteiger charge is -2.25. The van der Waals surface area contributed by atoms with Crippen molar-refractivity contribution in [2.24, 2.45) is 5.92 Å². The molecule has 0 heterocycles. The number of anilines is 1. The standard InChI is InChI=1S/C20H20NO8P/c22-16(23)11-10-15(20(26)27)18(30(28)29)17(12-4-2-1-3-5-12)21-14-8-6-13(7-9-14)19(24)25/h1-9,15,17-18,21H,10-11H2,(H3-,22,23,24,25,26,27,28,29)/p+1. The Bertz CT molecular complexity index is 916. The monoisotopic (exact) mass is 434 g/mol. The molecule has 4 unspecified atom stereocenters. The van der Waals surface area contributed by atoms with Gasteiger partial charge in [0.2, 0.25) is 5.66 Å². The summed E-state index contributed by atoms with van der Waals surface area (Å²) >= 11 is 0. The van der Waals surface area contributed by atoms with Crippen molar-refractivity contribution in [1.82, 2.24) is 0 Å². The van der Waals surface area contributed by atoms with Gasteiger partial charge in [0.15, 0.2) is 0 Å². The highest BCUT2D eigenvalue weighted by Gasteiger charge is 2.48. The van der Waals surface area contributed by atoms with Gasteiger partial charge in [-0.05, 0) is 40.8 Å². The van der Waals surface area contributed by atoms with E-state index in [0.717, 1.165) is 0 Å². The van der Waals surface area contributed by atoms with E-state index in [4.69, 9.17) is 10.2 Å². The van der Waals surface area contributed by atoms with Crippen LogP contribution in [-0.4, -0.2) is 43.8 Å². The number of aromatic carboxylic acids is 1. The SMILES string of the molecule is O=C(O)CCC(C(=O)O)C(C(Nc1ccc(C(=O)O)cc1)c1ccccc1)[P+](=O)O. The summed E-state index contributed by atoms with van der Waals surface area (Å²) in [6.07, 6.45) is -0.786. The molecule has 2 aromatic carbocycles. The Hall–Kier alpha value is -3.29. The van der Waals surface area contributed by atoms with Gasteiger partial charge in [0.05, 0.1) is 5.56 Å². The third kappa shape index (κ3) is 6.10. The van der Waals surface area contributed by atoms with Crippen LogP contribution in [0.15, 0.2) is 54.6 Å². The first kappa shape index (κ1) is 23.0. The number of carbonyl (C=O) groups is 3. The summed E-state index contributed by atoms with van der Waals surface area (Å²) in [4.78, 5) is 43.8. The van der Waals surface area contributed by atoms with E-state index < -0.39 is 50.0 Å². The summed E-state index contributed by atoms with van der Waals surface area (Å²) in [6, 6.07) is 13.1. The van der Waals surface area contributed by atoms with Gasteiger partial charge in [0.1, 0.15) is 12.0 Å². The van der Waals surface area contributed by atoms with Crippen LogP contribution < -0.4 is 5.32 Å². The van der Waals surface area contributed by atoms with E-state index in [1.807, 2.05) is 0 Å². The fourth-order valence-electron chi connectivity index (χ4n) is 3.15. The summed E-state index contributed by atoms with van der Waals surface area (Å²) in [6.45, 7) is 0. The lowest BCUT2D eigenvalue weighted by molar-refractivity contribution is -0.143. The van der Waals surface area contributed by atoms with Crippen LogP contribution >= 0.6 is 8.03 Å². The molecule has 9 nitrogen and oxygen atoms in total. The van der Waals surface area contributed by atoms with Gasteiger partial charge in [-0.3, -0.25) is 9.59 Å². The Morgan fingerprint density at radius 1 is 0.933 bits per heavy atom. The van der Waals surface area contributed by atoms with Crippen molar-refractivity contribution in [2.45, 2.75) is 24.5 Å². The number of aliphatic carboxylic acids is 2. The molecule has 0 amide bonds. The lowest BCUT2D eigenvalue weighted by atomic mass is 9.90. The summed E-state index contributed by atoms with van der Waals surface area (Å²) in [5, 5.41) is 30.6. The maximum absolute atomic E-state index is 12.3. The quantitative estimate of drug-likeness (QED) is 0.334. The number of rotatable bonds is 11. The molecule has 4 atom stereocenters. The van der Waals surface area contributed by atoms with E-state index in [9.17, 15) is 28.9 Å². The topological polar surface area (TPSA) is 161 Å². The van der Waals surface area contributed by atoms with Crippen LogP contribution in [0.5, 0.6) is 0 Å². The Labute approximate surface area is 172 Å². The van der Waals surface area contributed by atoms with E-state index >= 15 is 0 Å². The Balaban J connectivity index is 2.46. The predicted octanol–water partition coefficient (Wildman–Crippen LogP) is 3.21. The highest BCUT2D eigenvalue weighted by atomic mass is 31.1. The Morgan fingerprint density at radius 3 is 2.00 bits per heavy atom. The zero-order chi connectivity index (χ0) is 22.3. The van der Waals surface area contributed by atoms with Gasteiger partial charge in [-0.15, -0.1) is 0 Å². The normalized spacial score (nSPS) is 14.2. The highest BCUT2D eigenvalue weighted by molar-refractivity contribution is 7.39. The average molecular weight is 434 g/mol. The predicted molar refractivity (Wildman–Crippen MR) is 108 cm³/mol. The first-order chi connectivity index (χ1) is 14.2. The van der Waals surface area contributed by atoms with Crippen molar-refractivity contribution in [2.75, 3.05) is 5.32 Å². The second kappa shape index (κ2) is 10.5. The largest absolute Gasteiger partial charge is 0.512 e. The van der Waals surface area contributed by atoms with Crippen LogP contribution in [0.3, 0.4) is 0 Å². The number of carboxylic acid groups (broad SMARTS) is 3. The molecular formula is C20H21NO8P+. The minimum atomic E-state index is -3.02. The van der Waals surface area contributed by atoms with Gasteiger partial charge in [-0.2, -0.15) is 4.89 Å². The van der Waals surface area contributed by atoms with Gasteiger partial charge >= 0.3 is 25.9 Å². The molecule has 5 N–H and O–H groups in total. The second-order valence-corrected chi connectivity index (χ2v) is 7.79. The van der Waals surface area contributed by atoms with E-state index in [1.54, 1.807) is 30.3 Å². The number of carboxylic acids is 3. The molecule has 2 rings (SSSR count). The van der Waals surface area contributed by atoms with Crippen LogP contribution in [0.2, 0.25) is 0 Å². The molecule has 0 aromatic heterocycles. The van der Waals surface area contributed by atoms with Crippen molar-refractivity contribution >= 4 is 31.6 Å². The van der Waals surface area contributed by atoms with Gasteiger partial charge in [0.25, 0.3) is 0 Å². The van der Waals surface area contributed by atoms with Gasteiger partial charge in [-0.25, -0.2) is 4.79 Å². The molecular weight excluding hydrogens is 413 g/mol. The molecule has 0 aliphatic heterocycles. The van der Waals surface area contributed by atoms with Crippen LogP contribution in [0.4, 0.5) is 5.69 Å². The molecule has 0 saturated heterocycles. The maximum atomic E-state index is 12.3. The fourth-order valence-corrected chi connectivity index (χ4v) is 4.23. The molecule has 0 fully saturated rings. The van der Waals surface area contributed by atoms with Gasteiger partial charge in [0, 0.05) is 12.1 Å². The second-order valence-electron chi connectivity index (χ2n) is 6.59. The molecule has 0 saturated carbocycles. The minimum Gasteiger partial charge on any atom is -0.481 e. The van der Waals surface area contributed by atoms with Crippen molar-refractivity contribution in [3.63, 3.8) is 0 Å². The summed E-state index contributed by atoms with van der Waals surface area (Å²) < 4.78 is 12.3. The zero-order valence-electron chi connectivity index (χ0n) is 15.7. The van der Waals surface area contributed by atoms with Crippen LogP contribution in [0.1, 0.15) is 34.8 Å². The molecule has 0 radical (unpaired) electrons. The van der Waals surface area contributed by atoms with Crippen LogP contribution in [0, 0.1) is 5.92 Å². The third-order valence-corrected chi connectivity index (χ3v) is 5.78. The summed E-state index contributed by atoms with van der Waals surface area (Å²) in [7, 11) is -3.02. The first-order valence-corrected chi connectivity index (χ1v) is 10.2.